The molecule has 0 fully saturated rings. The van der Waals surface area contributed by atoms with E-state index in [0.717, 1.165) is 15.7 Å². The number of nitrogens with two attached hydrogens (primary N) is 1. The van der Waals surface area contributed by atoms with Crippen molar-refractivity contribution in [3.8, 4) is 17.1 Å². The van der Waals surface area contributed by atoms with Crippen LogP contribution in [0.3, 0.4) is 0 Å². The maximum Gasteiger partial charge on any atom is 0.190 e. The van der Waals surface area contributed by atoms with Crippen LogP contribution < -0.4 is 5.73 Å². The van der Waals surface area contributed by atoms with Crippen molar-refractivity contribution in [2.24, 2.45) is 0 Å². The summed E-state index contributed by atoms with van der Waals surface area (Å²) in [4.78, 5) is 0. The third-order valence-corrected chi connectivity index (χ3v) is 3.70. The van der Waals surface area contributed by atoms with E-state index in [2.05, 4.69) is 31.5 Å². The summed E-state index contributed by atoms with van der Waals surface area (Å²) in [6, 6.07) is 10.1. The van der Waals surface area contributed by atoms with Crippen LogP contribution >= 0.6 is 15.9 Å². The van der Waals surface area contributed by atoms with Gasteiger partial charge in [-0.3, -0.25) is 0 Å². The Morgan fingerprint density at radius 1 is 1.19 bits per heavy atom. The first-order valence-corrected chi connectivity index (χ1v) is 6.96. The summed E-state index contributed by atoms with van der Waals surface area (Å²) in [6.45, 7) is 1.96. The van der Waals surface area contributed by atoms with Crippen LogP contribution in [0.25, 0.3) is 17.1 Å². The normalized spacial score (nSPS) is 10.8. The Labute approximate surface area is 128 Å². The van der Waals surface area contributed by atoms with Gasteiger partial charge in [0, 0.05) is 10.2 Å². The van der Waals surface area contributed by atoms with E-state index < -0.39 is 5.82 Å². The summed E-state index contributed by atoms with van der Waals surface area (Å²) >= 11 is 3.46. The van der Waals surface area contributed by atoms with Crippen molar-refractivity contribution in [1.29, 1.82) is 0 Å². The van der Waals surface area contributed by atoms with E-state index in [1.165, 1.54) is 22.9 Å². The number of hydrogen-bond donors (Lipinski definition) is 1. The molecule has 21 heavy (non-hydrogen) atoms. The fraction of sp³-hybridized carbons (Fsp3) is 0.0714. The van der Waals surface area contributed by atoms with Crippen molar-refractivity contribution in [2.45, 2.75) is 6.92 Å². The average Bonchev–Trinajstić information content (AvgIpc) is 2.93. The van der Waals surface area contributed by atoms with Gasteiger partial charge in [0.2, 0.25) is 0 Å². The molecule has 0 amide bonds. The van der Waals surface area contributed by atoms with E-state index in [9.17, 15) is 4.39 Å². The van der Waals surface area contributed by atoms with Gasteiger partial charge in [0.15, 0.2) is 5.82 Å². The molecule has 0 aliphatic rings. The zero-order chi connectivity index (χ0) is 15.0. The molecule has 2 aromatic carbocycles. The molecule has 0 aliphatic carbocycles. The highest BCUT2D eigenvalue weighted by molar-refractivity contribution is 9.10. The Morgan fingerprint density at radius 3 is 2.81 bits per heavy atom. The van der Waals surface area contributed by atoms with Crippen molar-refractivity contribution < 1.29 is 4.39 Å². The minimum Gasteiger partial charge on any atom is -0.399 e. The molecular weight excluding hydrogens is 337 g/mol. The molecule has 1 aromatic heterocycles. The Balaban J connectivity index is 2.22. The Bertz CT molecular complexity index is 749. The lowest BCUT2D eigenvalue weighted by Crippen LogP contribution is -2.03. The van der Waals surface area contributed by atoms with Gasteiger partial charge in [-0.25, -0.2) is 4.39 Å². The van der Waals surface area contributed by atoms with Crippen LogP contribution in [0, 0.1) is 12.7 Å². The first-order chi connectivity index (χ1) is 10.1. The molecule has 3 aromatic rings. The van der Waals surface area contributed by atoms with Gasteiger partial charge in [0.05, 0.1) is 11.3 Å². The van der Waals surface area contributed by atoms with E-state index in [4.69, 9.17) is 5.73 Å². The van der Waals surface area contributed by atoms with Crippen LogP contribution in [0.15, 0.2) is 40.9 Å². The van der Waals surface area contributed by atoms with Gasteiger partial charge in [-0.2, -0.15) is 4.68 Å². The fourth-order valence-electron chi connectivity index (χ4n) is 2.02. The van der Waals surface area contributed by atoms with Gasteiger partial charge in [-0.05, 0) is 69.2 Å². The quantitative estimate of drug-likeness (QED) is 0.723. The number of hydrogen-bond acceptors (Lipinski definition) is 4. The third kappa shape index (κ3) is 2.52. The summed E-state index contributed by atoms with van der Waals surface area (Å²) in [7, 11) is 0. The molecule has 0 saturated carbocycles. The molecule has 0 bridgehead atoms. The largest absolute Gasteiger partial charge is 0.399 e. The maximum atomic E-state index is 14.0. The molecule has 7 heteroatoms. The third-order valence-electron chi connectivity index (χ3n) is 3.03. The zero-order valence-corrected chi connectivity index (χ0v) is 12.7. The SMILES string of the molecule is Cc1ccc(Br)c(-n2nnnc2-c2cc(N)ccc2F)c1. The first kappa shape index (κ1) is 13.7. The molecule has 3 rings (SSSR count). The molecule has 0 atom stereocenters. The second-order valence-corrected chi connectivity index (χ2v) is 5.46. The van der Waals surface area contributed by atoms with E-state index in [1.807, 2.05) is 25.1 Å². The number of aryl methyl sites for hydroxylation is 1. The van der Waals surface area contributed by atoms with Crippen molar-refractivity contribution in [2.75, 3.05) is 5.73 Å². The number of benzene rings is 2. The Kier molecular flexibility index (Phi) is 3.42. The standard InChI is InChI=1S/C14H11BrFN5/c1-8-2-4-11(15)13(6-8)21-14(18-19-20-21)10-7-9(17)3-5-12(10)16/h2-7H,17H2,1H3. The van der Waals surface area contributed by atoms with E-state index in [1.54, 1.807) is 0 Å². The Morgan fingerprint density at radius 2 is 2.00 bits per heavy atom. The van der Waals surface area contributed by atoms with E-state index in [-0.39, 0.29) is 5.56 Å². The number of halogens is 2. The summed E-state index contributed by atoms with van der Waals surface area (Å²) in [5, 5.41) is 11.5. The highest BCUT2D eigenvalue weighted by atomic mass is 79.9. The van der Waals surface area contributed by atoms with Crippen molar-refractivity contribution in [3.63, 3.8) is 0 Å². The van der Waals surface area contributed by atoms with Gasteiger partial charge in [0.25, 0.3) is 0 Å². The van der Waals surface area contributed by atoms with E-state index >= 15 is 0 Å². The minimum atomic E-state index is -0.427. The van der Waals surface area contributed by atoms with Gasteiger partial charge >= 0.3 is 0 Å². The van der Waals surface area contributed by atoms with Crippen molar-refractivity contribution in [1.82, 2.24) is 20.2 Å². The summed E-state index contributed by atoms with van der Waals surface area (Å²) < 4.78 is 16.3. The number of tetrazole rings is 1. The first-order valence-electron chi connectivity index (χ1n) is 6.16. The van der Waals surface area contributed by atoms with Crippen molar-refractivity contribution in [3.05, 3.63) is 52.3 Å². The fourth-order valence-corrected chi connectivity index (χ4v) is 2.43. The second-order valence-electron chi connectivity index (χ2n) is 4.61. The average molecular weight is 348 g/mol. The van der Waals surface area contributed by atoms with Crippen LogP contribution in [-0.4, -0.2) is 20.2 Å². The van der Waals surface area contributed by atoms with Crippen LogP contribution in [-0.2, 0) is 0 Å². The number of rotatable bonds is 2. The topological polar surface area (TPSA) is 69.6 Å². The highest BCUT2D eigenvalue weighted by Gasteiger charge is 2.16. The van der Waals surface area contributed by atoms with Crippen molar-refractivity contribution >= 4 is 21.6 Å². The van der Waals surface area contributed by atoms with E-state index in [0.29, 0.717) is 11.5 Å². The molecular formula is C14H11BrFN5. The molecule has 5 nitrogen and oxygen atoms in total. The molecule has 1 heterocycles. The van der Waals surface area contributed by atoms with Crippen LogP contribution in [0.4, 0.5) is 10.1 Å². The van der Waals surface area contributed by atoms with Gasteiger partial charge < -0.3 is 5.73 Å². The predicted molar refractivity (Wildman–Crippen MR) is 81.4 cm³/mol. The molecule has 2 N–H and O–H groups in total. The van der Waals surface area contributed by atoms with Gasteiger partial charge in [0.1, 0.15) is 5.82 Å². The summed E-state index contributed by atoms with van der Waals surface area (Å²) in [5.41, 5.74) is 8.21. The van der Waals surface area contributed by atoms with Gasteiger partial charge in [-0.1, -0.05) is 6.07 Å². The Hall–Kier alpha value is -2.28. The lowest BCUT2D eigenvalue weighted by atomic mass is 10.1. The monoisotopic (exact) mass is 347 g/mol. The van der Waals surface area contributed by atoms with Crippen LogP contribution in [0.1, 0.15) is 5.56 Å². The molecule has 0 saturated heterocycles. The predicted octanol–water partition coefficient (Wildman–Crippen LogP) is 3.12. The molecule has 0 aliphatic heterocycles. The smallest absolute Gasteiger partial charge is 0.190 e. The maximum absolute atomic E-state index is 14.0. The number of nitrogen functional groups attached to an aromatic ring is 1. The summed E-state index contributed by atoms with van der Waals surface area (Å²) in [6.07, 6.45) is 0. The highest BCUT2D eigenvalue weighted by Crippen LogP contribution is 2.28. The molecule has 0 spiro atoms. The lowest BCUT2D eigenvalue weighted by molar-refractivity contribution is 0.629. The molecule has 0 unspecified atom stereocenters. The number of anilines is 1. The summed E-state index contributed by atoms with van der Waals surface area (Å²) in [5.74, 6) is -0.130. The second kappa shape index (κ2) is 5.25. The zero-order valence-electron chi connectivity index (χ0n) is 11.1. The number of nitrogens with zero attached hydrogens (tertiary/aromatic N) is 4. The molecule has 0 radical (unpaired) electrons. The van der Waals surface area contributed by atoms with Crippen LogP contribution in [0.2, 0.25) is 0 Å². The number of aromatic nitrogens is 4. The van der Waals surface area contributed by atoms with Gasteiger partial charge in [-0.15, -0.1) is 5.10 Å². The molecule has 106 valence electrons. The lowest BCUT2D eigenvalue weighted by Gasteiger charge is -2.09. The van der Waals surface area contributed by atoms with Crippen LogP contribution in [0.5, 0.6) is 0 Å². The minimum absolute atomic E-state index is 0.258.